The van der Waals surface area contributed by atoms with Crippen LogP contribution in [-0.2, 0) is 25.5 Å². The summed E-state index contributed by atoms with van der Waals surface area (Å²) in [7, 11) is 0. The first-order valence-electron chi connectivity index (χ1n) is 13.0. The highest BCUT2D eigenvalue weighted by molar-refractivity contribution is 6.35. The number of carbonyl (C=O) groups is 3. The fraction of sp³-hybridized carbons (Fsp3) is 0.654. The molecule has 8 nitrogen and oxygen atoms in total. The number of nitrogens with zero attached hydrogens (tertiary/aromatic N) is 3. The van der Waals surface area contributed by atoms with Crippen molar-refractivity contribution in [3.05, 3.63) is 33.8 Å². The molecule has 4 rings (SSSR count). The van der Waals surface area contributed by atoms with E-state index in [1.807, 2.05) is 17.9 Å². The van der Waals surface area contributed by atoms with Gasteiger partial charge in [0, 0.05) is 61.8 Å². The first-order chi connectivity index (χ1) is 17.4. The van der Waals surface area contributed by atoms with Gasteiger partial charge in [0.1, 0.15) is 6.04 Å². The molecule has 1 aromatic rings. The number of amides is 2. The molecule has 3 fully saturated rings. The Hall–Kier alpha value is -1.87. The molecule has 2 aliphatic heterocycles. The van der Waals surface area contributed by atoms with Gasteiger partial charge in [0.05, 0.1) is 19.1 Å². The Bertz CT molecular complexity index is 954. The average molecular weight is 540 g/mol. The molecule has 2 heterocycles. The third-order valence-electron chi connectivity index (χ3n) is 7.63. The van der Waals surface area contributed by atoms with E-state index >= 15 is 0 Å². The Morgan fingerprint density at radius 3 is 2.56 bits per heavy atom. The monoisotopic (exact) mass is 538 g/mol. The number of piperazine rings is 2. The van der Waals surface area contributed by atoms with Gasteiger partial charge in [0.2, 0.25) is 11.8 Å². The number of hydrogen-bond donors (Lipinski definition) is 1. The summed E-state index contributed by atoms with van der Waals surface area (Å²) in [5.41, 5.74) is 0.795. The van der Waals surface area contributed by atoms with Crippen molar-refractivity contribution in [2.45, 2.75) is 51.1 Å². The Morgan fingerprint density at radius 1 is 1.11 bits per heavy atom. The molecule has 10 heteroatoms. The van der Waals surface area contributed by atoms with Gasteiger partial charge in [-0.15, -0.1) is 0 Å². The summed E-state index contributed by atoms with van der Waals surface area (Å²) in [6.07, 6.45) is 4.33. The van der Waals surface area contributed by atoms with Crippen molar-refractivity contribution in [1.82, 2.24) is 20.0 Å². The summed E-state index contributed by atoms with van der Waals surface area (Å²) >= 11 is 12.5. The molecule has 2 saturated heterocycles. The second kappa shape index (κ2) is 12.6. The van der Waals surface area contributed by atoms with Crippen LogP contribution >= 0.6 is 23.2 Å². The maximum atomic E-state index is 13.8. The van der Waals surface area contributed by atoms with E-state index in [2.05, 4.69) is 10.2 Å². The fourth-order valence-corrected chi connectivity index (χ4v) is 6.22. The second-order valence-electron chi connectivity index (χ2n) is 9.79. The van der Waals surface area contributed by atoms with Crippen LogP contribution in [0.25, 0.3) is 0 Å². The predicted octanol–water partition coefficient (Wildman–Crippen LogP) is 2.60. The molecule has 0 aromatic heterocycles. The van der Waals surface area contributed by atoms with E-state index in [1.54, 1.807) is 17.0 Å². The Kier molecular flexibility index (Phi) is 9.50. The van der Waals surface area contributed by atoms with Gasteiger partial charge in [-0.25, -0.2) is 0 Å². The third-order valence-corrected chi connectivity index (χ3v) is 8.22. The maximum Gasteiger partial charge on any atom is 0.310 e. The fourth-order valence-electron chi connectivity index (χ4n) is 5.73. The summed E-state index contributed by atoms with van der Waals surface area (Å²) in [4.78, 5) is 45.0. The molecule has 36 heavy (non-hydrogen) atoms. The molecule has 0 bridgehead atoms. The van der Waals surface area contributed by atoms with Crippen LogP contribution in [0.3, 0.4) is 0 Å². The zero-order valence-corrected chi connectivity index (χ0v) is 22.4. The number of halogens is 2. The molecule has 1 saturated carbocycles. The highest BCUT2D eigenvalue weighted by Gasteiger charge is 2.39. The smallest absolute Gasteiger partial charge is 0.310 e. The molecule has 0 unspecified atom stereocenters. The molecule has 3 aliphatic rings. The van der Waals surface area contributed by atoms with E-state index in [0.717, 1.165) is 31.2 Å². The summed E-state index contributed by atoms with van der Waals surface area (Å²) in [6, 6.07) is 4.80. The highest BCUT2D eigenvalue weighted by Crippen LogP contribution is 2.31. The Morgan fingerprint density at radius 2 is 1.86 bits per heavy atom. The zero-order valence-electron chi connectivity index (χ0n) is 20.9. The number of carbonyl (C=O) groups excluding carboxylic acids is 3. The number of benzene rings is 1. The average Bonchev–Trinajstić information content (AvgIpc) is 2.89. The van der Waals surface area contributed by atoms with Crippen molar-refractivity contribution < 1.29 is 19.1 Å². The lowest BCUT2D eigenvalue weighted by atomic mass is 9.83. The Balaban J connectivity index is 1.45. The van der Waals surface area contributed by atoms with E-state index in [-0.39, 0.29) is 36.3 Å². The topological polar surface area (TPSA) is 82.2 Å². The zero-order chi connectivity index (χ0) is 25.7. The minimum absolute atomic E-state index is 0.0542. The number of hydrogen-bond acceptors (Lipinski definition) is 6. The molecule has 1 N–H and O–H groups in total. The molecule has 3 atom stereocenters. The second-order valence-corrected chi connectivity index (χ2v) is 10.6. The van der Waals surface area contributed by atoms with Gasteiger partial charge < -0.3 is 19.9 Å². The number of ether oxygens (including phenoxy) is 1. The largest absolute Gasteiger partial charge is 0.466 e. The van der Waals surface area contributed by atoms with Crippen LogP contribution in [0.15, 0.2) is 18.2 Å². The van der Waals surface area contributed by atoms with Crippen LogP contribution in [0.1, 0.15) is 38.2 Å². The summed E-state index contributed by atoms with van der Waals surface area (Å²) in [5, 5.41) is 4.11. The first kappa shape index (κ1) is 27.2. The number of nitrogens with one attached hydrogen (secondary N) is 1. The van der Waals surface area contributed by atoms with Crippen LogP contribution in [0.4, 0.5) is 0 Å². The number of rotatable bonds is 7. The summed E-state index contributed by atoms with van der Waals surface area (Å²) in [5.74, 6) is -0.332. The van der Waals surface area contributed by atoms with Gasteiger partial charge in [-0.2, -0.15) is 0 Å². The minimum atomic E-state index is -0.619. The van der Waals surface area contributed by atoms with E-state index < -0.39 is 6.04 Å². The van der Waals surface area contributed by atoms with Crippen molar-refractivity contribution in [1.29, 1.82) is 0 Å². The van der Waals surface area contributed by atoms with Crippen molar-refractivity contribution in [2.75, 3.05) is 52.4 Å². The normalized spacial score (nSPS) is 24.5. The van der Waals surface area contributed by atoms with E-state index in [0.29, 0.717) is 62.3 Å². The summed E-state index contributed by atoms with van der Waals surface area (Å²) in [6.45, 7) is 6.13. The molecular formula is C26H36Cl2N4O4. The van der Waals surface area contributed by atoms with Gasteiger partial charge in [0.15, 0.2) is 0 Å². The van der Waals surface area contributed by atoms with Gasteiger partial charge in [0.25, 0.3) is 0 Å². The standard InChI is InChI=1S/C26H36Cl2N4O4/c1-2-36-26(35)20-5-3-4-6-22(20)30-11-13-31(14-12-30)25(34)23(32-10-9-29-17-24(32)33)15-18-7-8-19(27)16-21(18)28/h7-8,16,20,22-23,29H,2-6,9-15,17H2,1H3/t20-,22-,23-/m1/s1. The lowest BCUT2D eigenvalue weighted by Gasteiger charge is -2.44. The molecule has 0 radical (unpaired) electrons. The lowest BCUT2D eigenvalue weighted by molar-refractivity contribution is -0.153. The van der Waals surface area contributed by atoms with Crippen molar-refractivity contribution in [3.8, 4) is 0 Å². The van der Waals surface area contributed by atoms with Crippen molar-refractivity contribution >= 4 is 41.0 Å². The molecule has 198 valence electrons. The molecule has 1 aromatic carbocycles. The highest BCUT2D eigenvalue weighted by atomic mass is 35.5. The van der Waals surface area contributed by atoms with Crippen LogP contribution in [0, 0.1) is 5.92 Å². The van der Waals surface area contributed by atoms with Crippen molar-refractivity contribution in [3.63, 3.8) is 0 Å². The maximum absolute atomic E-state index is 13.8. The SMILES string of the molecule is CCOC(=O)[C@@H]1CCCC[C@H]1N1CCN(C(=O)[C@@H](Cc2ccc(Cl)cc2Cl)N2CCNCC2=O)CC1. The van der Waals surface area contributed by atoms with Gasteiger partial charge in [-0.05, 0) is 37.5 Å². The van der Waals surface area contributed by atoms with Crippen LogP contribution in [-0.4, -0.2) is 97.0 Å². The van der Waals surface area contributed by atoms with E-state index in [1.165, 1.54) is 0 Å². The van der Waals surface area contributed by atoms with Crippen molar-refractivity contribution in [2.24, 2.45) is 5.92 Å². The third kappa shape index (κ3) is 6.33. The minimum Gasteiger partial charge on any atom is -0.466 e. The van der Waals surface area contributed by atoms with Gasteiger partial charge in [-0.3, -0.25) is 19.3 Å². The number of esters is 1. The van der Waals surface area contributed by atoms with E-state index in [9.17, 15) is 14.4 Å². The van der Waals surface area contributed by atoms with Crippen LogP contribution < -0.4 is 5.32 Å². The molecular weight excluding hydrogens is 503 g/mol. The predicted molar refractivity (Wildman–Crippen MR) is 139 cm³/mol. The van der Waals surface area contributed by atoms with E-state index in [4.69, 9.17) is 27.9 Å². The van der Waals surface area contributed by atoms with Crippen LogP contribution in [0.5, 0.6) is 0 Å². The molecule has 0 spiro atoms. The van der Waals surface area contributed by atoms with Crippen LogP contribution in [0.2, 0.25) is 10.0 Å². The van der Waals surface area contributed by atoms with Gasteiger partial charge in [-0.1, -0.05) is 42.1 Å². The molecule has 2 amide bonds. The quantitative estimate of drug-likeness (QED) is 0.537. The Labute approximate surface area is 223 Å². The summed E-state index contributed by atoms with van der Waals surface area (Å²) < 4.78 is 5.35. The molecule has 1 aliphatic carbocycles. The first-order valence-corrected chi connectivity index (χ1v) is 13.8. The lowest BCUT2D eigenvalue weighted by Crippen LogP contribution is -2.61. The van der Waals surface area contributed by atoms with Gasteiger partial charge >= 0.3 is 5.97 Å².